The molecule has 0 aliphatic carbocycles. The molecule has 0 amide bonds. The Morgan fingerprint density at radius 3 is 2.79 bits per heavy atom. The Morgan fingerprint density at radius 1 is 1.47 bits per heavy atom. The highest BCUT2D eigenvalue weighted by Gasteiger charge is 2.26. The van der Waals surface area contributed by atoms with Crippen LogP contribution in [0.4, 0.5) is 11.4 Å². The molecule has 5 nitrogen and oxygen atoms in total. The summed E-state index contributed by atoms with van der Waals surface area (Å²) in [6, 6.07) is 5.02. The van der Waals surface area contributed by atoms with E-state index in [-0.39, 0.29) is 11.4 Å². The molecule has 0 saturated carbocycles. The van der Waals surface area contributed by atoms with Crippen molar-refractivity contribution < 1.29 is 4.92 Å². The number of nitrogens with zero attached hydrogens (tertiary/aromatic N) is 2. The highest BCUT2D eigenvalue weighted by atomic mass is 16.6. The third-order valence-corrected chi connectivity index (χ3v) is 3.67. The van der Waals surface area contributed by atoms with Crippen molar-refractivity contribution in [1.29, 1.82) is 0 Å². The lowest BCUT2D eigenvalue weighted by molar-refractivity contribution is -0.383. The minimum Gasteiger partial charge on any atom is -0.393 e. The minimum atomic E-state index is -0.441. The first kappa shape index (κ1) is 13.8. The van der Waals surface area contributed by atoms with Crippen LogP contribution in [0.2, 0.25) is 0 Å². The SMILES string of the molecule is CC1(C)CCCN(Cc2ccc([N+](=O)[O-])c(N)c2)C1. The Bertz CT molecular complexity index is 486. The average molecular weight is 263 g/mol. The molecular formula is C14H21N3O2. The maximum atomic E-state index is 10.7. The van der Waals surface area contributed by atoms with E-state index in [9.17, 15) is 10.1 Å². The van der Waals surface area contributed by atoms with Crippen molar-refractivity contribution >= 4 is 11.4 Å². The van der Waals surface area contributed by atoms with Crippen molar-refractivity contribution in [2.75, 3.05) is 18.8 Å². The lowest BCUT2D eigenvalue weighted by Crippen LogP contribution is -2.39. The average Bonchev–Trinajstić information content (AvgIpc) is 2.27. The molecule has 1 aliphatic heterocycles. The van der Waals surface area contributed by atoms with E-state index in [1.807, 2.05) is 0 Å². The summed E-state index contributed by atoms with van der Waals surface area (Å²) in [5, 5.41) is 10.7. The van der Waals surface area contributed by atoms with Gasteiger partial charge in [0.2, 0.25) is 0 Å². The van der Waals surface area contributed by atoms with Gasteiger partial charge in [0.05, 0.1) is 4.92 Å². The van der Waals surface area contributed by atoms with Gasteiger partial charge in [-0.3, -0.25) is 15.0 Å². The van der Waals surface area contributed by atoms with Crippen molar-refractivity contribution in [2.45, 2.75) is 33.2 Å². The van der Waals surface area contributed by atoms with E-state index in [2.05, 4.69) is 18.7 Å². The zero-order valence-electron chi connectivity index (χ0n) is 11.6. The van der Waals surface area contributed by atoms with E-state index in [1.165, 1.54) is 18.9 Å². The van der Waals surface area contributed by atoms with Crippen molar-refractivity contribution in [3.63, 3.8) is 0 Å². The maximum Gasteiger partial charge on any atom is 0.292 e. The van der Waals surface area contributed by atoms with Gasteiger partial charge in [0, 0.05) is 19.2 Å². The van der Waals surface area contributed by atoms with Crippen LogP contribution in [0.25, 0.3) is 0 Å². The minimum absolute atomic E-state index is 0.0114. The van der Waals surface area contributed by atoms with Crippen molar-refractivity contribution in [2.24, 2.45) is 5.41 Å². The quantitative estimate of drug-likeness (QED) is 0.517. The van der Waals surface area contributed by atoms with Crippen LogP contribution in [0.15, 0.2) is 18.2 Å². The molecule has 0 radical (unpaired) electrons. The van der Waals surface area contributed by atoms with Gasteiger partial charge in [-0.25, -0.2) is 0 Å². The fourth-order valence-corrected chi connectivity index (χ4v) is 2.81. The standard InChI is InChI=1S/C14H21N3O2/c1-14(2)6-3-7-16(10-14)9-11-4-5-13(17(18)19)12(15)8-11/h4-5,8H,3,6-7,9-10,15H2,1-2H3. The Morgan fingerprint density at radius 2 is 2.21 bits per heavy atom. The van der Waals surface area contributed by atoms with Crippen molar-refractivity contribution in [3.05, 3.63) is 33.9 Å². The second-order valence-electron chi connectivity index (χ2n) is 6.13. The number of rotatable bonds is 3. The highest BCUT2D eigenvalue weighted by Crippen LogP contribution is 2.30. The molecule has 2 N–H and O–H groups in total. The topological polar surface area (TPSA) is 72.4 Å². The summed E-state index contributed by atoms with van der Waals surface area (Å²) >= 11 is 0. The van der Waals surface area contributed by atoms with Crippen LogP contribution in [-0.2, 0) is 6.54 Å². The third kappa shape index (κ3) is 3.44. The first-order valence-corrected chi connectivity index (χ1v) is 6.62. The molecule has 1 aromatic carbocycles. The molecule has 0 atom stereocenters. The smallest absolute Gasteiger partial charge is 0.292 e. The van der Waals surface area contributed by atoms with E-state index in [0.717, 1.165) is 25.2 Å². The van der Waals surface area contributed by atoms with Gasteiger partial charge in [0.1, 0.15) is 5.69 Å². The summed E-state index contributed by atoms with van der Waals surface area (Å²) in [7, 11) is 0. The maximum absolute atomic E-state index is 10.7. The fraction of sp³-hybridized carbons (Fsp3) is 0.571. The summed E-state index contributed by atoms with van der Waals surface area (Å²) in [6.07, 6.45) is 2.46. The predicted octanol–water partition coefficient (Wildman–Crippen LogP) is 2.80. The first-order chi connectivity index (χ1) is 8.87. The van der Waals surface area contributed by atoms with Crippen molar-refractivity contribution in [3.8, 4) is 0 Å². The number of benzene rings is 1. The molecule has 1 heterocycles. The molecule has 0 spiro atoms. The van der Waals surface area contributed by atoms with Crippen LogP contribution in [0.3, 0.4) is 0 Å². The Labute approximate surface area is 113 Å². The van der Waals surface area contributed by atoms with Gasteiger partial charge in [-0.2, -0.15) is 0 Å². The molecule has 0 bridgehead atoms. The van der Waals surface area contributed by atoms with Gasteiger partial charge in [0.25, 0.3) is 5.69 Å². The Kier molecular flexibility index (Phi) is 3.75. The summed E-state index contributed by atoms with van der Waals surface area (Å²) in [5.41, 5.74) is 7.35. The largest absolute Gasteiger partial charge is 0.393 e. The van der Waals surface area contributed by atoms with Crippen LogP contribution in [0.1, 0.15) is 32.3 Å². The van der Waals surface area contributed by atoms with Gasteiger partial charge in [-0.1, -0.05) is 19.9 Å². The van der Waals surface area contributed by atoms with E-state index >= 15 is 0 Å². The second-order valence-corrected chi connectivity index (χ2v) is 6.13. The van der Waals surface area contributed by atoms with Gasteiger partial charge in [-0.15, -0.1) is 0 Å². The number of nitrogen functional groups attached to an aromatic ring is 1. The van der Waals surface area contributed by atoms with E-state index < -0.39 is 4.92 Å². The van der Waals surface area contributed by atoms with Crippen LogP contribution >= 0.6 is 0 Å². The molecule has 1 saturated heterocycles. The number of anilines is 1. The number of nitrogens with two attached hydrogens (primary N) is 1. The van der Waals surface area contributed by atoms with Crippen molar-refractivity contribution in [1.82, 2.24) is 4.90 Å². The van der Waals surface area contributed by atoms with Crippen LogP contribution in [-0.4, -0.2) is 22.9 Å². The summed E-state index contributed by atoms with van der Waals surface area (Å²) < 4.78 is 0. The van der Waals surface area contributed by atoms with Crippen LogP contribution < -0.4 is 5.73 Å². The Hall–Kier alpha value is -1.62. The van der Waals surface area contributed by atoms with Crippen LogP contribution in [0.5, 0.6) is 0 Å². The van der Waals surface area contributed by atoms with E-state index in [1.54, 1.807) is 12.1 Å². The zero-order chi connectivity index (χ0) is 14.0. The molecule has 104 valence electrons. The number of hydrogen-bond donors (Lipinski definition) is 1. The number of likely N-dealkylation sites (tertiary alicyclic amines) is 1. The van der Waals surface area contributed by atoms with Gasteiger partial charge < -0.3 is 5.73 Å². The summed E-state index contributed by atoms with van der Waals surface area (Å²) in [6.45, 7) is 7.52. The second kappa shape index (κ2) is 5.17. The monoisotopic (exact) mass is 263 g/mol. The van der Waals surface area contributed by atoms with Gasteiger partial charge >= 0.3 is 0 Å². The highest BCUT2D eigenvalue weighted by molar-refractivity contribution is 5.59. The molecule has 2 rings (SSSR count). The molecule has 1 fully saturated rings. The number of nitro groups is 1. The third-order valence-electron chi connectivity index (χ3n) is 3.67. The molecule has 1 aromatic rings. The lowest BCUT2D eigenvalue weighted by atomic mass is 9.84. The van der Waals surface area contributed by atoms with E-state index in [0.29, 0.717) is 5.41 Å². The Balaban J connectivity index is 2.07. The molecule has 0 unspecified atom stereocenters. The van der Waals surface area contributed by atoms with Gasteiger partial charge in [-0.05, 0) is 36.4 Å². The summed E-state index contributed by atoms with van der Waals surface area (Å²) in [5.74, 6) is 0. The fourth-order valence-electron chi connectivity index (χ4n) is 2.81. The zero-order valence-corrected chi connectivity index (χ0v) is 11.6. The summed E-state index contributed by atoms with van der Waals surface area (Å²) in [4.78, 5) is 12.7. The lowest BCUT2D eigenvalue weighted by Gasteiger charge is -2.38. The number of piperidine rings is 1. The molecule has 0 aromatic heterocycles. The predicted molar refractivity (Wildman–Crippen MR) is 75.8 cm³/mol. The first-order valence-electron chi connectivity index (χ1n) is 6.62. The molecule has 19 heavy (non-hydrogen) atoms. The molecular weight excluding hydrogens is 242 g/mol. The normalized spacial score (nSPS) is 19.3. The molecule has 5 heteroatoms. The number of nitro benzene ring substituents is 1. The van der Waals surface area contributed by atoms with Crippen LogP contribution in [0, 0.1) is 15.5 Å². The number of hydrogen-bond acceptors (Lipinski definition) is 4. The molecule has 1 aliphatic rings. The van der Waals surface area contributed by atoms with E-state index in [4.69, 9.17) is 5.73 Å². The van der Waals surface area contributed by atoms with Gasteiger partial charge in [0.15, 0.2) is 0 Å².